The molecular formula is C60H100O6. The van der Waals surface area contributed by atoms with Gasteiger partial charge in [-0.25, -0.2) is 0 Å². The van der Waals surface area contributed by atoms with Crippen molar-refractivity contribution < 1.29 is 28.6 Å². The van der Waals surface area contributed by atoms with E-state index in [-0.39, 0.29) is 31.1 Å². The fraction of sp³-hybridized carbons (Fsp3) is 0.683. The van der Waals surface area contributed by atoms with E-state index < -0.39 is 6.10 Å². The van der Waals surface area contributed by atoms with Crippen LogP contribution < -0.4 is 0 Å². The first-order chi connectivity index (χ1) is 32.5. The van der Waals surface area contributed by atoms with E-state index in [0.717, 1.165) is 122 Å². The maximum atomic E-state index is 12.8. The van der Waals surface area contributed by atoms with Crippen LogP contribution in [-0.2, 0) is 28.6 Å². The number of carbonyl (C=O) groups is 3. The Balaban J connectivity index is 4.23. The smallest absolute Gasteiger partial charge is 0.306 e. The lowest BCUT2D eigenvalue weighted by atomic mass is 10.1. The topological polar surface area (TPSA) is 78.9 Å². The molecule has 0 fully saturated rings. The normalized spacial score (nSPS) is 12.8. The molecule has 0 aliphatic rings. The summed E-state index contributed by atoms with van der Waals surface area (Å²) in [4.78, 5) is 37.8. The van der Waals surface area contributed by atoms with E-state index in [1.807, 2.05) is 0 Å². The average Bonchev–Trinajstić information content (AvgIpc) is 3.31. The molecule has 0 N–H and O–H groups in total. The fourth-order valence-corrected chi connectivity index (χ4v) is 7.24. The second-order valence-corrected chi connectivity index (χ2v) is 17.8. The van der Waals surface area contributed by atoms with Gasteiger partial charge in [0.05, 0.1) is 0 Å². The summed E-state index contributed by atoms with van der Waals surface area (Å²) < 4.78 is 16.7. The maximum Gasteiger partial charge on any atom is 0.306 e. The molecule has 0 amide bonds. The molecule has 0 aliphatic carbocycles. The van der Waals surface area contributed by atoms with E-state index in [1.54, 1.807) is 0 Å². The minimum absolute atomic E-state index is 0.0861. The van der Waals surface area contributed by atoms with Crippen LogP contribution in [-0.4, -0.2) is 37.2 Å². The molecule has 0 aromatic carbocycles. The van der Waals surface area contributed by atoms with Crippen LogP contribution in [0.1, 0.15) is 245 Å². The van der Waals surface area contributed by atoms with E-state index in [0.29, 0.717) is 19.3 Å². The summed E-state index contributed by atoms with van der Waals surface area (Å²) in [6.07, 6.45) is 71.3. The molecule has 0 saturated heterocycles. The van der Waals surface area contributed by atoms with Gasteiger partial charge in [0.1, 0.15) is 13.2 Å². The first-order valence-corrected chi connectivity index (χ1v) is 27.2. The third-order valence-corrected chi connectivity index (χ3v) is 11.3. The summed E-state index contributed by atoms with van der Waals surface area (Å²) in [7, 11) is 0. The van der Waals surface area contributed by atoms with Crippen LogP contribution in [0.5, 0.6) is 0 Å². The average molecular weight is 917 g/mol. The van der Waals surface area contributed by atoms with Crippen LogP contribution in [0.25, 0.3) is 0 Å². The monoisotopic (exact) mass is 917 g/mol. The molecule has 1 unspecified atom stereocenters. The number of hydrogen-bond donors (Lipinski definition) is 0. The number of rotatable bonds is 48. The van der Waals surface area contributed by atoms with Crippen LogP contribution in [0.4, 0.5) is 0 Å². The Labute approximate surface area is 407 Å². The zero-order chi connectivity index (χ0) is 47.9. The van der Waals surface area contributed by atoms with E-state index in [4.69, 9.17) is 14.2 Å². The Hall–Kier alpha value is -3.67. The minimum Gasteiger partial charge on any atom is -0.462 e. The molecule has 6 nitrogen and oxygen atoms in total. The van der Waals surface area contributed by atoms with Gasteiger partial charge in [-0.1, -0.05) is 221 Å². The predicted molar refractivity (Wildman–Crippen MR) is 284 cm³/mol. The van der Waals surface area contributed by atoms with Crippen molar-refractivity contribution in [2.24, 2.45) is 0 Å². The summed E-state index contributed by atoms with van der Waals surface area (Å²) in [5.74, 6) is -0.920. The first kappa shape index (κ1) is 62.3. The van der Waals surface area contributed by atoms with E-state index >= 15 is 0 Å². The Morgan fingerprint density at radius 3 is 0.955 bits per heavy atom. The number of hydrogen-bond acceptors (Lipinski definition) is 6. The van der Waals surface area contributed by atoms with Crippen molar-refractivity contribution in [3.8, 4) is 0 Å². The van der Waals surface area contributed by atoms with E-state index in [9.17, 15) is 14.4 Å². The number of ether oxygens (including phenoxy) is 3. The molecule has 0 aromatic heterocycles. The van der Waals surface area contributed by atoms with Crippen molar-refractivity contribution >= 4 is 17.9 Å². The highest BCUT2D eigenvalue weighted by Gasteiger charge is 2.19. The van der Waals surface area contributed by atoms with Gasteiger partial charge in [0.25, 0.3) is 0 Å². The van der Waals surface area contributed by atoms with Gasteiger partial charge < -0.3 is 14.2 Å². The van der Waals surface area contributed by atoms with Gasteiger partial charge in [-0.05, 0) is 103 Å². The van der Waals surface area contributed by atoms with Gasteiger partial charge in [-0.2, -0.15) is 0 Å². The molecule has 0 spiro atoms. The number of carbonyl (C=O) groups excluding carboxylic acids is 3. The van der Waals surface area contributed by atoms with Gasteiger partial charge in [0.2, 0.25) is 0 Å². The summed E-state index contributed by atoms with van der Waals surface area (Å²) in [6, 6.07) is 0. The fourth-order valence-electron chi connectivity index (χ4n) is 7.24. The van der Waals surface area contributed by atoms with E-state index in [2.05, 4.69) is 118 Å². The zero-order valence-electron chi connectivity index (χ0n) is 42.9. The second kappa shape index (κ2) is 53.9. The van der Waals surface area contributed by atoms with Gasteiger partial charge in [0.15, 0.2) is 6.10 Å². The van der Waals surface area contributed by atoms with Gasteiger partial charge >= 0.3 is 17.9 Å². The Morgan fingerprint density at radius 2 is 0.591 bits per heavy atom. The summed E-state index contributed by atoms with van der Waals surface area (Å²) in [6.45, 7) is 6.42. The summed E-state index contributed by atoms with van der Waals surface area (Å²) >= 11 is 0. The van der Waals surface area contributed by atoms with Crippen LogP contribution >= 0.6 is 0 Å². The van der Waals surface area contributed by atoms with Crippen molar-refractivity contribution in [3.63, 3.8) is 0 Å². The Bertz CT molecular complexity index is 1330. The molecular weight excluding hydrogens is 817 g/mol. The van der Waals surface area contributed by atoms with Crippen LogP contribution in [0.3, 0.4) is 0 Å². The number of allylic oxidation sites excluding steroid dienone is 16. The maximum absolute atomic E-state index is 12.8. The van der Waals surface area contributed by atoms with Crippen molar-refractivity contribution in [1.29, 1.82) is 0 Å². The van der Waals surface area contributed by atoms with Crippen molar-refractivity contribution in [2.75, 3.05) is 13.2 Å². The highest BCUT2D eigenvalue weighted by Crippen LogP contribution is 2.14. The molecule has 6 heteroatoms. The van der Waals surface area contributed by atoms with Crippen LogP contribution in [0.15, 0.2) is 97.2 Å². The molecule has 0 bridgehead atoms. The first-order valence-electron chi connectivity index (χ1n) is 27.2. The lowest BCUT2D eigenvalue weighted by molar-refractivity contribution is -0.167. The zero-order valence-corrected chi connectivity index (χ0v) is 42.9. The highest BCUT2D eigenvalue weighted by molar-refractivity contribution is 5.71. The third-order valence-electron chi connectivity index (χ3n) is 11.3. The minimum atomic E-state index is -0.785. The number of unbranched alkanes of at least 4 members (excludes halogenated alkanes) is 21. The molecule has 376 valence electrons. The molecule has 1 atom stereocenters. The quantitative estimate of drug-likeness (QED) is 0.0262. The van der Waals surface area contributed by atoms with Crippen molar-refractivity contribution in [2.45, 2.75) is 252 Å². The lowest BCUT2D eigenvalue weighted by Gasteiger charge is -2.18. The third kappa shape index (κ3) is 51.3. The van der Waals surface area contributed by atoms with Gasteiger partial charge in [-0.3, -0.25) is 14.4 Å². The van der Waals surface area contributed by atoms with Gasteiger partial charge in [-0.15, -0.1) is 0 Å². The van der Waals surface area contributed by atoms with Crippen molar-refractivity contribution in [1.82, 2.24) is 0 Å². The molecule has 0 radical (unpaired) electrons. The Kier molecular flexibility index (Phi) is 50.9. The Morgan fingerprint density at radius 1 is 0.318 bits per heavy atom. The summed E-state index contributed by atoms with van der Waals surface area (Å²) in [5.41, 5.74) is 0. The molecule has 0 aromatic rings. The standard InChI is InChI=1S/C60H100O6/c1-4-7-10-13-16-18-20-22-24-26-27-28-29-30-31-32-33-35-36-38-40-42-44-47-50-53-59(62)65-56-57(55-64-58(61)52-49-46-15-12-9-6-3)66-60(63)54-51-48-45-43-41-39-37-34-25-23-21-19-17-14-11-8-5-2/h7,10,16-19,22-25,27-28,30-31,33,35,57H,4-6,8-9,11-15,20-21,26,29,32,34,36-56H2,1-3H3/b10-7-,18-16-,19-17-,24-22-,25-23-,28-27-,31-30-,35-33-. The molecule has 0 saturated carbocycles. The molecule has 0 aliphatic heterocycles. The summed E-state index contributed by atoms with van der Waals surface area (Å²) in [5, 5.41) is 0. The second-order valence-electron chi connectivity index (χ2n) is 17.8. The molecule has 66 heavy (non-hydrogen) atoms. The SMILES string of the molecule is CC/C=C\C/C=C\C/C=C\C/C=C\C/C=C\C/C=C\CCCCCCCCC(=O)OCC(COC(=O)CCCCCCCC)OC(=O)CCCCCCCCC/C=C\C/C=C\CCCCC. The predicted octanol–water partition coefficient (Wildman–Crippen LogP) is 18.1. The lowest BCUT2D eigenvalue weighted by Crippen LogP contribution is -2.30. The number of esters is 3. The molecule has 0 rings (SSSR count). The van der Waals surface area contributed by atoms with Crippen molar-refractivity contribution in [3.05, 3.63) is 97.2 Å². The molecule has 0 heterocycles. The van der Waals surface area contributed by atoms with Crippen LogP contribution in [0.2, 0.25) is 0 Å². The highest BCUT2D eigenvalue weighted by atomic mass is 16.6. The van der Waals surface area contributed by atoms with Crippen LogP contribution in [0, 0.1) is 0 Å². The van der Waals surface area contributed by atoms with E-state index in [1.165, 1.54) is 83.5 Å². The largest absolute Gasteiger partial charge is 0.462 e. The van der Waals surface area contributed by atoms with Gasteiger partial charge in [0, 0.05) is 19.3 Å².